The Morgan fingerprint density at radius 2 is 1.83 bits per heavy atom. The predicted molar refractivity (Wildman–Crippen MR) is 110 cm³/mol. The maximum atomic E-state index is 13.4. The van der Waals surface area contributed by atoms with Crippen molar-refractivity contribution in [2.75, 3.05) is 26.2 Å². The maximum Gasteiger partial charge on any atom is 0.264 e. The predicted octanol–water partition coefficient (Wildman–Crippen LogP) is 3.45. The molecule has 0 atom stereocenters. The molecule has 0 unspecified atom stereocenters. The van der Waals surface area contributed by atoms with Gasteiger partial charge in [0.1, 0.15) is 5.69 Å². The standard InChI is InChI=1S/C21H18N4O4S/c1-13-18-14(12-15(16-4-2-10-28-16)22-19(18)29-23-13)20(26)24-6-8-25(9-7-24)21(27)17-5-3-11-30-17/h2-5,10-12H,6-9H2,1H3. The molecule has 5 heterocycles. The number of nitrogens with zero attached hydrogens (tertiary/aromatic N) is 4. The molecule has 2 amide bonds. The highest BCUT2D eigenvalue weighted by atomic mass is 32.1. The third-order valence-corrected chi connectivity index (χ3v) is 6.07. The number of furan rings is 1. The molecular formula is C21H18N4O4S. The Labute approximate surface area is 175 Å². The van der Waals surface area contributed by atoms with E-state index in [1.165, 1.54) is 11.3 Å². The molecular weight excluding hydrogens is 404 g/mol. The topological polar surface area (TPSA) is 92.7 Å². The van der Waals surface area contributed by atoms with Gasteiger partial charge in [0.2, 0.25) is 0 Å². The maximum absolute atomic E-state index is 13.4. The first-order valence-electron chi connectivity index (χ1n) is 9.55. The summed E-state index contributed by atoms with van der Waals surface area (Å²) >= 11 is 1.43. The van der Waals surface area contributed by atoms with E-state index >= 15 is 0 Å². The largest absolute Gasteiger partial charge is 0.463 e. The molecule has 152 valence electrons. The molecule has 0 saturated carbocycles. The Morgan fingerprint density at radius 3 is 2.50 bits per heavy atom. The molecule has 0 aliphatic carbocycles. The number of thiophene rings is 1. The van der Waals surface area contributed by atoms with Crippen molar-refractivity contribution in [3.63, 3.8) is 0 Å². The number of hydrogen-bond donors (Lipinski definition) is 0. The second-order valence-corrected chi connectivity index (χ2v) is 7.99. The molecule has 0 aromatic carbocycles. The van der Waals surface area contributed by atoms with Crippen LogP contribution in [0.5, 0.6) is 0 Å². The number of fused-ring (bicyclic) bond motifs is 1. The lowest BCUT2D eigenvalue weighted by molar-refractivity contribution is 0.0539. The van der Waals surface area contributed by atoms with Crippen LogP contribution in [0.4, 0.5) is 0 Å². The Bertz CT molecular complexity index is 1210. The van der Waals surface area contributed by atoms with E-state index in [0.29, 0.717) is 64.9 Å². The first-order valence-corrected chi connectivity index (χ1v) is 10.4. The van der Waals surface area contributed by atoms with Crippen molar-refractivity contribution in [1.82, 2.24) is 19.9 Å². The molecule has 0 N–H and O–H groups in total. The first kappa shape index (κ1) is 18.6. The van der Waals surface area contributed by atoms with Crippen LogP contribution >= 0.6 is 11.3 Å². The van der Waals surface area contributed by atoms with Crippen LogP contribution in [-0.2, 0) is 0 Å². The van der Waals surface area contributed by atoms with Gasteiger partial charge in [0.25, 0.3) is 17.5 Å². The summed E-state index contributed by atoms with van der Waals surface area (Å²) < 4.78 is 10.8. The Balaban J connectivity index is 1.41. The van der Waals surface area contributed by atoms with Crippen LogP contribution in [0.25, 0.3) is 22.6 Å². The van der Waals surface area contributed by atoms with Gasteiger partial charge in [-0.1, -0.05) is 11.2 Å². The van der Waals surface area contributed by atoms with Crippen molar-refractivity contribution in [2.24, 2.45) is 0 Å². The van der Waals surface area contributed by atoms with Gasteiger partial charge in [-0.3, -0.25) is 9.59 Å². The van der Waals surface area contributed by atoms with Gasteiger partial charge in [0.15, 0.2) is 5.76 Å². The molecule has 1 fully saturated rings. The number of hydrogen-bond acceptors (Lipinski definition) is 7. The lowest BCUT2D eigenvalue weighted by atomic mass is 10.1. The molecule has 1 saturated heterocycles. The number of amides is 2. The molecule has 1 aliphatic heterocycles. The van der Waals surface area contributed by atoms with Gasteiger partial charge in [-0.05, 0) is 36.6 Å². The number of aryl methyl sites for hydroxylation is 1. The fraction of sp³-hybridized carbons (Fsp3) is 0.238. The van der Waals surface area contributed by atoms with Gasteiger partial charge >= 0.3 is 0 Å². The summed E-state index contributed by atoms with van der Waals surface area (Å²) in [6, 6.07) is 8.95. The minimum absolute atomic E-state index is 0.0124. The molecule has 8 nitrogen and oxygen atoms in total. The average Bonchev–Trinajstić information content (AvgIpc) is 3.54. The van der Waals surface area contributed by atoms with Crippen molar-refractivity contribution in [3.05, 3.63) is 58.1 Å². The van der Waals surface area contributed by atoms with Gasteiger partial charge in [-0.25, -0.2) is 4.98 Å². The minimum Gasteiger partial charge on any atom is -0.463 e. The van der Waals surface area contributed by atoms with E-state index in [1.807, 2.05) is 17.5 Å². The van der Waals surface area contributed by atoms with Crippen LogP contribution in [0.3, 0.4) is 0 Å². The van der Waals surface area contributed by atoms with E-state index in [2.05, 4.69) is 10.1 Å². The van der Waals surface area contributed by atoms with Gasteiger partial charge in [-0.2, -0.15) is 0 Å². The van der Waals surface area contributed by atoms with E-state index in [1.54, 1.807) is 41.2 Å². The summed E-state index contributed by atoms with van der Waals surface area (Å²) in [6.45, 7) is 3.68. The van der Waals surface area contributed by atoms with Crippen molar-refractivity contribution in [3.8, 4) is 11.5 Å². The normalized spacial score (nSPS) is 14.4. The minimum atomic E-state index is -0.135. The summed E-state index contributed by atoms with van der Waals surface area (Å²) in [5.41, 5.74) is 1.90. The van der Waals surface area contributed by atoms with E-state index in [-0.39, 0.29) is 11.8 Å². The SMILES string of the molecule is Cc1noc2nc(-c3ccco3)cc(C(=O)N3CCN(C(=O)c4cccs4)CC3)c12. The van der Waals surface area contributed by atoms with Crippen molar-refractivity contribution in [2.45, 2.75) is 6.92 Å². The highest BCUT2D eigenvalue weighted by molar-refractivity contribution is 7.12. The van der Waals surface area contributed by atoms with Crippen molar-refractivity contribution < 1.29 is 18.5 Å². The van der Waals surface area contributed by atoms with Crippen LogP contribution in [0.1, 0.15) is 25.7 Å². The summed E-state index contributed by atoms with van der Waals surface area (Å²) in [7, 11) is 0. The Morgan fingerprint density at radius 1 is 1.07 bits per heavy atom. The summed E-state index contributed by atoms with van der Waals surface area (Å²) in [5.74, 6) is 0.425. The average molecular weight is 422 g/mol. The molecule has 0 bridgehead atoms. The zero-order valence-electron chi connectivity index (χ0n) is 16.2. The second kappa shape index (κ2) is 7.42. The summed E-state index contributed by atoms with van der Waals surface area (Å²) in [6.07, 6.45) is 1.55. The molecule has 0 radical (unpaired) electrons. The lowest BCUT2D eigenvalue weighted by Crippen LogP contribution is -2.50. The van der Waals surface area contributed by atoms with Crippen LogP contribution in [-0.4, -0.2) is 57.9 Å². The van der Waals surface area contributed by atoms with Crippen LogP contribution in [0.2, 0.25) is 0 Å². The fourth-order valence-electron chi connectivity index (χ4n) is 3.65. The van der Waals surface area contributed by atoms with Gasteiger partial charge in [0.05, 0.1) is 27.8 Å². The number of rotatable bonds is 3. The Hall–Kier alpha value is -3.46. The van der Waals surface area contributed by atoms with Crippen LogP contribution in [0, 0.1) is 6.92 Å². The third-order valence-electron chi connectivity index (χ3n) is 5.21. The van der Waals surface area contributed by atoms with Gasteiger partial charge in [0, 0.05) is 26.2 Å². The van der Waals surface area contributed by atoms with E-state index in [0.717, 1.165) is 0 Å². The van der Waals surface area contributed by atoms with Crippen molar-refractivity contribution >= 4 is 34.3 Å². The molecule has 0 spiro atoms. The van der Waals surface area contributed by atoms with Crippen LogP contribution in [0.15, 0.2) is 50.9 Å². The highest BCUT2D eigenvalue weighted by Gasteiger charge is 2.28. The first-order chi connectivity index (χ1) is 14.6. The molecule has 1 aliphatic rings. The monoisotopic (exact) mass is 422 g/mol. The van der Waals surface area contributed by atoms with E-state index < -0.39 is 0 Å². The summed E-state index contributed by atoms with van der Waals surface area (Å²) in [4.78, 5) is 34.7. The molecule has 30 heavy (non-hydrogen) atoms. The second-order valence-electron chi connectivity index (χ2n) is 7.04. The van der Waals surface area contributed by atoms with Crippen molar-refractivity contribution in [1.29, 1.82) is 0 Å². The molecule has 4 aromatic rings. The third kappa shape index (κ3) is 3.17. The summed E-state index contributed by atoms with van der Waals surface area (Å²) in [5, 5.41) is 6.47. The van der Waals surface area contributed by atoms with Gasteiger partial charge in [-0.15, -0.1) is 11.3 Å². The molecule has 5 rings (SSSR count). The quantitative estimate of drug-likeness (QED) is 0.502. The number of carbonyl (C=O) groups is 2. The fourth-order valence-corrected chi connectivity index (χ4v) is 4.34. The lowest BCUT2D eigenvalue weighted by Gasteiger charge is -2.34. The van der Waals surface area contributed by atoms with E-state index in [9.17, 15) is 9.59 Å². The molecule has 4 aromatic heterocycles. The Kier molecular flexibility index (Phi) is 4.59. The van der Waals surface area contributed by atoms with Gasteiger partial charge < -0.3 is 18.7 Å². The number of aromatic nitrogens is 2. The number of pyridine rings is 1. The highest BCUT2D eigenvalue weighted by Crippen LogP contribution is 2.28. The van der Waals surface area contributed by atoms with Crippen LogP contribution < -0.4 is 0 Å². The smallest absolute Gasteiger partial charge is 0.264 e. The number of piperazine rings is 1. The number of carbonyl (C=O) groups excluding carboxylic acids is 2. The van der Waals surface area contributed by atoms with E-state index in [4.69, 9.17) is 8.94 Å². The molecule has 9 heteroatoms. The zero-order valence-corrected chi connectivity index (χ0v) is 17.0. The zero-order chi connectivity index (χ0) is 20.7.